The van der Waals surface area contributed by atoms with Crippen LogP contribution in [0.15, 0.2) is 36.5 Å². The molecule has 1 aromatic heterocycles. The summed E-state index contributed by atoms with van der Waals surface area (Å²) in [6.45, 7) is 0. The monoisotopic (exact) mass is 296 g/mol. The van der Waals surface area contributed by atoms with E-state index in [2.05, 4.69) is 16.9 Å². The molecule has 2 fully saturated rings. The Kier molecular flexibility index (Phi) is 3.34. The van der Waals surface area contributed by atoms with Crippen molar-refractivity contribution < 1.29 is 9.53 Å². The van der Waals surface area contributed by atoms with E-state index in [-0.39, 0.29) is 12.1 Å². The molecule has 2 aromatic rings. The second kappa shape index (κ2) is 5.36. The fraction of sp³-hybridized carbons (Fsp3) is 0.444. The molecule has 4 nitrogen and oxygen atoms in total. The molecule has 2 bridgehead atoms. The van der Waals surface area contributed by atoms with Crippen LogP contribution in [0.1, 0.15) is 36.0 Å². The van der Waals surface area contributed by atoms with E-state index in [0.29, 0.717) is 17.6 Å². The summed E-state index contributed by atoms with van der Waals surface area (Å²) in [6, 6.07) is 10.6. The van der Waals surface area contributed by atoms with Crippen LogP contribution in [0, 0.1) is 0 Å². The largest absolute Gasteiger partial charge is 0.459 e. The lowest BCUT2D eigenvalue weighted by molar-refractivity contribution is -0.000269. The highest BCUT2D eigenvalue weighted by Crippen LogP contribution is 2.35. The summed E-state index contributed by atoms with van der Waals surface area (Å²) in [7, 11) is 2.19. The molecule has 114 valence electrons. The zero-order valence-corrected chi connectivity index (χ0v) is 12.7. The third-order valence-corrected chi connectivity index (χ3v) is 5.20. The maximum Gasteiger partial charge on any atom is 0.339 e. The minimum atomic E-state index is -0.215. The van der Waals surface area contributed by atoms with Gasteiger partial charge in [-0.3, -0.25) is 4.98 Å². The third-order valence-electron chi connectivity index (χ3n) is 5.20. The summed E-state index contributed by atoms with van der Waals surface area (Å²) in [5, 5.41) is 0.867. The highest BCUT2D eigenvalue weighted by molar-refractivity contribution is 6.03. The van der Waals surface area contributed by atoms with Gasteiger partial charge in [0.15, 0.2) is 0 Å². The predicted octanol–water partition coefficient (Wildman–Crippen LogP) is 3.02. The fourth-order valence-corrected chi connectivity index (χ4v) is 3.95. The van der Waals surface area contributed by atoms with Crippen molar-refractivity contribution in [2.45, 2.75) is 43.9 Å². The first kappa shape index (κ1) is 13.7. The van der Waals surface area contributed by atoms with Crippen LogP contribution in [0.5, 0.6) is 0 Å². The van der Waals surface area contributed by atoms with E-state index >= 15 is 0 Å². The molecule has 2 aliphatic rings. The van der Waals surface area contributed by atoms with E-state index in [1.54, 1.807) is 12.3 Å². The maximum atomic E-state index is 12.6. The van der Waals surface area contributed by atoms with Crippen molar-refractivity contribution in [2.75, 3.05) is 7.05 Å². The fourth-order valence-electron chi connectivity index (χ4n) is 3.95. The van der Waals surface area contributed by atoms with Gasteiger partial charge in [0.25, 0.3) is 0 Å². The highest BCUT2D eigenvalue weighted by Gasteiger charge is 2.40. The Hall–Kier alpha value is -1.94. The van der Waals surface area contributed by atoms with E-state index < -0.39 is 0 Å². The van der Waals surface area contributed by atoms with Gasteiger partial charge < -0.3 is 9.64 Å². The van der Waals surface area contributed by atoms with Gasteiger partial charge in [0.2, 0.25) is 0 Å². The summed E-state index contributed by atoms with van der Waals surface area (Å²) >= 11 is 0. The molecule has 0 amide bonds. The molecule has 1 aromatic carbocycles. The number of aromatic nitrogens is 1. The molecule has 0 N–H and O–H groups in total. The Morgan fingerprint density at radius 2 is 1.91 bits per heavy atom. The number of pyridine rings is 1. The van der Waals surface area contributed by atoms with Gasteiger partial charge >= 0.3 is 5.97 Å². The van der Waals surface area contributed by atoms with E-state index in [1.165, 1.54) is 12.8 Å². The van der Waals surface area contributed by atoms with Crippen LogP contribution in [0.2, 0.25) is 0 Å². The average Bonchev–Trinajstić information content (AvgIpc) is 2.75. The first-order valence-electron chi connectivity index (χ1n) is 7.99. The number of hydrogen-bond acceptors (Lipinski definition) is 4. The van der Waals surface area contributed by atoms with Gasteiger partial charge in [0, 0.05) is 36.5 Å². The van der Waals surface area contributed by atoms with Gasteiger partial charge in [-0.25, -0.2) is 4.79 Å². The number of rotatable bonds is 2. The number of para-hydroxylation sites is 1. The van der Waals surface area contributed by atoms with Crippen molar-refractivity contribution in [1.82, 2.24) is 9.88 Å². The molecule has 4 heteroatoms. The number of fused-ring (bicyclic) bond motifs is 3. The lowest BCUT2D eigenvalue weighted by Gasteiger charge is -2.35. The van der Waals surface area contributed by atoms with Gasteiger partial charge in [-0.2, -0.15) is 0 Å². The van der Waals surface area contributed by atoms with E-state index in [1.807, 2.05) is 24.3 Å². The van der Waals surface area contributed by atoms with Gasteiger partial charge in [0.05, 0.1) is 11.1 Å². The van der Waals surface area contributed by atoms with Crippen LogP contribution in [0.4, 0.5) is 0 Å². The van der Waals surface area contributed by atoms with Gasteiger partial charge in [-0.1, -0.05) is 18.2 Å². The smallest absolute Gasteiger partial charge is 0.339 e. The molecular weight excluding hydrogens is 276 g/mol. The predicted molar refractivity (Wildman–Crippen MR) is 84.8 cm³/mol. The van der Waals surface area contributed by atoms with Crippen LogP contribution in [0.3, 0.4) is 0 Å². The summed E-state index contributed by atoms with van der Waals surface area (Å²) in [4.78, 5) is 19.3. The Balaban J connectivity index is 1.55. The van der Waals surface area contributed by atoms with Crippen LogP contribution in [-0.2, 0) is 4.74 Å². The van der Waals surface area contributed by atoms with Gasteiger partial charge in [0.1, 0.15) is 6.10 Å². The molecule has 3 heterocycles. The highest BCUT2D eigenvalue weighted by atomic mass is 16.5. The first-order valence-corrected chi connectivity index (χ1v) is 7.99. The number of ether oxygens (including phenoxy) is 1. The molecule has 0 radical (unpaired) electrons. The molecule has 22 heavy (non-hydrogen) atoms. The Labute approximate surface area is 130 Å². The molecule has 2 saturated heterocycles. The van der Waals surface area contributed by atoms with Crippen LogP contribution in [0.25, 0.3) is 10.9 Å². The van der Waals surface area contributed by atoms with Crippen molar-refractivity contribution in [3.63, 3.8) is 0 Å². The topological polar surface area (TPSA) is 42.4 Å². The number of piperidine rings is 1. The third kappa shape index (κ3) is 2.28. The van der Waals surface area contributed by atoms with Crippen LogP contribution in [-0.4, -0.2) is 41.1 Å². The number of carbonyl (C=O) groups is 1. The number of benzene rings is 1. The van der Waals surface area contributed by atoms with Crippen LogP contribution >= 0.6 is 0 Å². The molecule has 0 spiro atoms. The summed E-state index contributed by atoms with van der Waals surface area (Å²) in [5.41, 5.74) is 1.46. The summed E-state index contributed by atoms with van der Waals surface area (Å²) in [6.07, 6.45) is 6.11. The molecule has 2 aliphatic heterocycles. The lowest BCUT2D eigenvalue weighted by atomic mass is 10.0. The molecule has 4 rings (SSSR count). The van der Waals surface area contributed by atoms with E-state index in [0.717, 1.165) is 23.7 Å². The molecule has 0 aliphatic carbocycles. The van der Waals surface area contributed by atoms with Crippen molar-refractivity contribution in [1.29, 1.82) is 0 Å². The minimum absolute atomic E-state index is 0.0492. The average molecular weight is 296 g/mol. The zero-order chi connectivity index (χ0) is 15.1. The second-order valence-corrected chi connectivity index (χ2v) is 6.42. The minimum Gasteiger partial charge on any atom is -0.459 e. The number of nitrogens with zero attached hydrogens (tertiary/aromatic N) is 2. The summed E-state index contributed by atoms with van der Waals surface area (Å²) < 4.78 is 5.82. The summed E-state index contributed by atoms with van der Waals surface area (Å²) in [5.74, 6) is -0.215. The number of carbonyl (C=O) groups excluding carboxylic acids is 1. The Morgan fingerprint density at radius 3 is 2.68 bits per heavy atom. The maximum absolute atomic E-state index is 12.6. The Bertz CT molecular complexity index is 696. The number of esters is 1. The first-order chi connectivity index (χ1) is 10.7. The van der Waals surface area contributed by atoms with Crippen molar-refractivity contribution in [3.05, 3.63) is 42.1 Å². The molecule has 0 saturated carbocycles. The Morgan fingerprint density at radius 1 is 1.18 bits per heavy atom. The van der Waals surface area contributed by atoms with Gasteiger partial charge in [-0.15, -0.1) is 0 Å². The SMILES string of the molecule is CN1[C@@H]2CC[C@H]1CC(OC(=O)c1ccnc3ccccc13)C2. The van der Waals surface area contributed by atoms with E-state index in [4.69, 9.17) is 4.74 Å². The number of hydrogen-bond donors (Lipinski definition) is 0. The second-order valence-electron chi connectivity index (χ2n) is 6.42. The zero-order valence-electron chi connectivity index (χ0n) is 12.7. The van der Waals surface area contributed by atoms with E-state index in [9.17, 15) is 4.79 Å². The molecular formula is C18H20N2O2. The van der Waals surface area contributed by atoms with Crippen molar-refractivity contribution >= 4 is 16.9 Å². The molecule has 3 atom stereocenters. The van der Waals surface area contributed by atoms with Crippen molar-refractivity contribution in [2.24, 2.45) is 0 Å². The molecule has 1 unspecified atom stereocenters. The van der Waals surface area contributed by atoms with Gasteiger partial charge in [-0.05, 0) is 32.0 Å². The normalized spacial score (nSPS) is 28.0. The lowest BCUT2D eigenvalue weighted by Crippen LogP contribution is -2.43. The quantitative estimate of drug-likeness (QED) is 0.799. The standard InChI is InChI=1S/C18H20N2O2/c1-20-12-6-7-13(20)11-14(10-12)22-18(21)16-8-9-19-17-5-3-2-4-15(16)17/h2-5,8-9,12-14H,6-7,10-11H2,1H3/t12-,13+,14?. The van der Waals surface area contributed by atoms with Crippen molar-refractivity contribution in [3.8, 4) is 0 Å². The van der Waals surface area contributed by atoms with Crippen LogP contribution < -0.4 is 0 Å².